The topological polar surface area (TPSA) is 224 Å². The number of aliphatic hydroxyl groups is 4. The molecule has 1 saturated heterocycles. The lowest BCUT2D eigenvalue weighted by Gasteiger charge is -2.67. The maximum Gasteiger partial charge on any atom is 0.408 e. The minimum absolute atomic E-state index is 0.0157. The van der Waals surface area contributed by atoms with Gasteiger partial charge in [0.25, 0.3) is 6.43 Å². The van der Waals surface area contributed by atoms with E-state index >= 15 is 0 Å². The molecule has 2 saturated carbocycles. The first kappa shape index (κ1) is 45.6. The van der Waals surface area contributed by atoms with Gasteiger partial charge in [-0.2, -0.15) is 0 Å². The smallest absolute Gasteiger partial charge is 0.408 e. The molecule has 0 spiro atoms. The zero-order valence-corrected chi connectivity index (χ0v) is 34.5. The van der Waals surface area contributed by atoms with Gasteiger partial charge in [0, 0.05) is 25.2 Å². The summed E-state index contributed by atoms with van der Waals surface area (Å²) >= 11 is 0. The third-order valence-electron chi connectivity index (χ3n) is 13.1. The van der Waals surface area contributed by atoms with Crippen molar-refractivity contribution < 1.29 is 81.3 Å². The van der Waals surface area contributed by atoms with Gasteiger partial charge in [0.15, 0.2) is 23.1 Å². The van der Waals surface area contributed by atoms with Crippen molar-refractivity contribution in [1.29, 1.82) is 0 Å². The molecule has 11 atom stereocenters. The Morgan fingerprint density at radius 1 is 0.984 bits per heavy atom. The molecule has 2 bridgehead atoms. The normalized spacial score (nSPS) is 32.7. The van der Waals surface area contributed by atoms with Gasteiger partial charge >= 0.3 is 24.0 Å². The Labute approximate surface area is 349 Å². The van der Waals surface area contributed by atoms with Crippen molar-refractivity contribution in [3.8, 4) is 0 Å². The molecule has 61 heavy (non-hydrogen) atoms. The van der Waals surface area contributed by atoms with Crippen LogP contribution in [-0.4, -0.2) is 117 Å². The lowest BCUT2D eigenvalue weighted by Crippen LogP contribution is -2.81. The SMILES string of the molecule is CC(=O)O[C@@]12CO[C@@H]1C[C@H](O)[C@@]1(C)C(=O)[C@H](O)C3=C(C)[C@@H](OC(=O)[C@H](O)[C@@H](NC(=O)OC(C)(C)C(F)F)c4ccc(F)cc4)C[C@@](O)([C@@H](OC(=O)c4ccccc4)[C@H]21)C3(C)C. The molecule has 3 fully saturated rings. The van der Waals surface area contributed by atoms with E-state index in [1.54, 1.807) is 18.2 Å². The largest absolute Gasteiger partial charge is 0.456 e. The number of rotatable bonds is 10. The van der Waals surface area contributed by atoms with Gasteiger partial charge < -0.3 is 49.4 Å². The van der Waals surface area contributed by atoms with Crippen LogP contribution >= 0.6 is 0 Å². The van der Waals surface area contributed by atoms with Gasteiger partial charge in [-0.05, 0) is 68.7 Å². The number of aliphatic hydroxyl groups excluding tert-OH is 3. The van der Waals surface area contributed by atoms with E-state index < -0.39 is 125 Å². The van der Waals surface area contributed by atoms with Gasteiger partial charge in [-0.3, -0.25) is 9.59 Å². The summed E-state index contributed by atoms with van der Waals surface area (Å²) in [5, 5.41) is 51.1. The highest BCUT2D eigenvalue weighted by molar-refractivity contribution is 5.94. The number of alkyl carbamates (subject to hydrolysis) is 1. The molecule has 0 unspecified atom stereocenters. The van der Waals surface area contributed by atoms with Crippen molar-refractivity contribution in [2.45, 2.75) is 127 Å². The Bertz CT molecular complexity index is 2100. The monoisotopic (exact) mass is 861 g/mol. The fourth-order valence-corrected chi connectivity index (χ4v) is 9.57. The molecule has 2 aromatic rings. The lowest BCUT2D eigenvalue weighted by atomic mass is 9.44. The molecule has 6 rings (SSSR count). The predicted molar refractivity (Wildman–Crippen MR) is 204 cm³/mol. The van der Waals surface area contributed by atoms with Crippen LogP contribution < -0.4 is 5.32 Å². The van der Waals surface area contributed by atoms with Crippen LogP contribution in [0.3, 0.4) is 0 Å². The molecule has 1 amide bonds. The highest BCUT2D eigenvalue weighted by Crippen LogP contribution is 2.64. The highest BCUT2D eigenvalue weighted by Gasteiger charge is 2.78. The van der Waals surface area contributed by atoms with Gasteiger partial charge in [-0.15, -0.1) is 0 Å². The van der Waals surface area contributed by atoms with E-state index in [4.69, 9.17) is 23.7 Å². The van der Waals surface area contributed by atoms with Crippen LogP contribution in [0.15, 0.2) is 65.7 Å². The van der Waals surface area contributed by atoms with Gasteiger partial charge in [0.1, 0.15) is 35.8 Å². The number of Topliss-reactive ketones (excluding diaryl/α,β-unsaturated/α-hetero) is 1. The van der Waals surface area contributed by atoms with E-state index in [1.165, 1.54) is 39.8 Å². The number of amides is 1. The number of alkyl halides is 2. The summed E-state index contributed by atoms with van der Waals surface area (Å²) in [6, 6.07) is 9.91. The number of nitrogens with one attached hydrogen (secondary N) is 1. The van der Waals surface area contributed by atoms with E-state index in [9.17, 15) is 57.6 Å². The molecular weight excluding hydrogens is 811 g/mol. The number of carbonyl (C=O) groups excluding carboxylic acids is 5. The number of ether oxygens (including phenoxy) is 5. The number of carbonyl (C=O) groups is 5. The summed E-state index contributed by atoms with van der Waals surface area (Å²) in [5.41, 5.74) is -10.6. The quantitative estimate of drug-likeness (QED) is 0.131. The van der Waals surface area contributed by atoms with E-state index in [0.29, 0.717) is 0 Å². The van der Waals surface area contributed by atoms with Crippen molar-refractivity contribution in [3.63, 3.8) is 0 Å². The molecule has 4 aliphatic rings. The second-order valence-electron chi connectivity index (χ2n) is 17.5. The summed E-state index contributed by atoms with van der Waals surface area (Å²) in [6.07, 6.45) is -16.2. The minimum Gasteiger partial charge on any atom is -0.456 e. The van der Waals surface area contributed by atoms with E-state index in [-0.39, 0.29) is 35.3 Å². The van der Waals surface area contributed by atoms with Crippen molar-refractivity contribution in [2.75, 3.05) is 6.61 Å². The Hall–Kier alpha value is -4.88. The zero-order chi connectivity index (χ0) is 45.2. The van der Waals surface area contributed by atoms with Crippen LogP contribution in [0, 0.1) is 22.6 Å². The predicted octanol–water partition coefficient (Wildman–Crippen LogP) is 3.64. The first-order chi connectivity index (χ1) is 28.3. The number of halogens is 3. The van der Waals surface area contributed by atoms with Crippen LogP contribution in [0.5, 0.6) is 0 Å². The molecule has 0 radical (unpaired) electrons. The lowest BCUT2D eigenvalue weighted by molar-refractivity contribution is -0.346. The summed E-state index contributed by atoms with van der Waals surface area (Å²) in [5.74, 6) is -6.63. The number of benzene rings is 2. The van der Waals surface area contributed by atoms with E-state index in [2.05, 4.69) is 5.32 Å². The fourth-order valence-electron chi connectivity index (χ4n) is 9.57. The summed E-state index contributed by atoms with van der Waals surface area (Å²) in [7, 11) is 0. The molecule has 332 valence electrons. The van der Waals surface area contributed by atoms with Gasteiger partial charge in [0.05, 0.1) is 35.6 Å². The van der Waals surface area contributed by atoms with Crippen LogP contribution in [0.2, 0.25) is 0 Å². The summed E-state index contributed by atoms with van der Waals surface area (Å²) in [4.78, 5) is 68.8. The van der Waals surface area contributed by atoms with Gasteiger partial charge in [-0.25, -0.2) is 27.6 Å². The second-order valence-corrected chi connectivity index (χ2v) is 17.5. The Morgan fingerprint density at radius 3 is 2.16 bits per heavy atom. The van der Waals surface area contributed by atoms with Crippen LogP contribution in [0.25, 0.3) is 0 Å². The van der Waals surface area contributed by atoms with Gasteiger partial charge in [-0.1, -0.05) is 44.2 Å². The number of fused-ring (bicyclic) bond motifs is 5. The summed E-state index contributed by atoms with van der Waals surface area (Å²) < 4.78 is 69.8. The van der Waals surface area contributed by atoms with Crippen LogP contribution in [-0.2, 0) is 38.1 Å². The third kappa shape index (κ3) is 7.59. The first-order valence-electron chi connectivity index (χ1n) is 19.7. The summed E-state index contributed by atoms with van der Waals surface area (Å²) in [6.45, 7) is 8.26. The molecular formula is C43H50F3NO14. The first-order valence-corrected chi connectivity index (χ1v) is 19.7. The van der Waals surface area contributed by atoms with Crippen molar-refractivity contribution in [1.82, 2.24) is 5.32 Å². The van der Waals surface area contributed by atoms with E-state index in [0.717, 1.165) is 45.0 Å². The molecule has 1 aliphatic heterocycles. The standard InChI is InChI=1S/C43H50F3NO14/c1-20-25(58-36(54)31(51)29(22-13-15-24(44)16-14-22)47-38(55)61-40(5,6)37(45)46)18-43(56)34(59-35(53)23-11-9-8-10-12-23)32-41(7,33(52)30(50)28(20)39(43,3)4)26(49)17-27-42(32,19-57-27)60-21(2)48/h8-16,25-27,29-32,34,37,49-51,56H,17-19H2,1-7H3,(H,47,55)/t25-,26-,27+,29-,30+,31+,32-,34-,41+,42-,43+/m0/s1. The van der Waals surface area contributed by atoms with E-state index in [1.807, 2.05) is 0 Å². The molecule has 5 N–H and O–H groups in total. The maximum absolute atomic E-state index is 14.9. The highest BCUT2D eigenvalue weighted by atomic mass is 19.3. The second kappa shape index (κ2) is 16.1. The molecule has 2 aromatic carbocycles. The third-order valence-corrected chi connectivity index (χ3v) is 13.1. The average molecular weight is 862 g/mol. The fraction of sp³-hybridized carbons (Fsp3) is 0.558. The minimum atomic E-state index is -3.14. The van der Waals surface area contributed by atoms with Crippen LogP contribution in [0.1, 0.15) is 83.3 Å². The number of hydrogen-bond donors (Lipinski definition) is 5. The number of hydrogen-bond acceptors (Lipinski definition) is 14. The zero-order valence-electron chi connectivity index (χ0n) is 34.5. The van der Waals surface area contributed by atoms with Crippen molar-refractivity contribution in [2.24, 2.45) is 16.7 Å². The Kier molecular flexibility index (Phi) is 12.1. The maximum atomic E-state index is 14.9. The van der Waals surface area contributed by atoms with Crippen LogP contribution in [0.4, 0.5) is 18.0 Å². The Morgan fingerprint density at radius 2 is 1.61 bits per heavy atom. The molecule has 1 heterocycles. The van der Waals surface area contributed by atoms with Crippen molar-refractivity contribution >= 4 is 29.8 Å². The Balaban J connectivity index is 1.47. The number of esters is 3. The molecule has 3 aliphatic carbocycles. The molecule has 18 heteroatoms. The van der Waals surface area contributed by atoms with Gasteiger partial charge in [0.2, 0.25) is 0 Å². The number of ketones is 1. The average Bonchev–Trinajstić information content (AvgIpc) is 3.18. The van der Waals surface area contributed by atoms with Crippen molar-refractivity contribution in [3.05, 3.63) is 82.7 Å². The molecule has 15 nitrogen and oxygen atoms in total. The molecule has 0 aromatic heterocycles.